The first-order valence-electron chi connectivity index (χ1n) is 9.31. The van der Waals surface area contributed by atoms with Gasteiger partial charge in [0.2, 0.25) is 0 Å². The molecule has 0 fully saturated rings. The van der Waals surface area contributed by atoms with Crippen LogP contribution in [0.3, 0.4) is 0 Å². The molecule has 0 saturated carbocycles. The summed E-state index contributed by atoms with van der Waals surface area (Å²) in [6.45, 7) is 6.02. The summed E-state index contributed by atoms with van der Waals surface area (Å²) in [6, 6.07) is 17.2. The van der Waals surface area contributed by atoms with Crippen LogP contribution in [0.2, 0.25) is 0 Å². The molecular weight excluding hydrogens is 386 g/mol. The zero-order valence-corrected chi connectivity index (χ0v) is 17.9. The summed E-state index contributed by atoms with van der Waals surface area (Å²) in [6.07, 6.45) is 0. The number of rotatable bonds is 8. The van der Waals surface area contributed by atoms with Crippen molar-refractivity contribution in [1.29, 1.82) is 0 Å². The van der Waals surface area contributed by atoms with E-state index in [1.807, 2.05) is 79.9 Å². The molecule has 1 aromatic heterocycles. The van der Waals surface area contributed by atoms with Crippen LogP contribution in [0.5, 0.6) is 11.5 Å². The van der Waals surface area contributed by atoms with Crippen LogP contribution in [0.4, 0.5) is 0 Å². The van der Waals surface area contributed by atoms with Crippen LogP contribution in [0.1, 0.15) is 26.6 Å². The predicted octanol–water partition coefficient (Wildman–Crippen LogP) is 4.56. The lowest BCUT2D eigenvalue weighted by Gasteiger charge is -2.16. The van der Waals surface area contributed by atoms with Gasteiger partial charge in [-0.2, -0.15) is 0 Å². The third-order valence-electron chi connectivity index (χ3n) is 4.31. The Hall–Kier alpha value is -2.80. The van der Waals surface area contributed by atoms with Crippen molar-refractivity contribution in [3.05, 3.63) is 60.4 Å². The summed E-state index contributed by atoms with van der Waals surface area (Å²) >= 11 is 1.39. The Kier molecular flexibility index (Phi) is 6.59. The number of methoxy groups -OCH3 is 1. The van der Waals surface area contributed by atoms with E-state index in [0.717, 1.165) is 11.4 Å². The van der Waals surface area contributed by atoms with Crippen LogP contribution >= 0.6 is 11.8 Å². The zero-order chi connectivity index (χ0) is 20.9. The van der Waals surface area contributed by atoms with Crippen molar-refractivity contribution in [3.8, 4) is 17.2 Å². The Morgan fingerprint density at radius 3 is 2.28 bits per heavy atom. The number of para-hydroxylation sites is 1. The fraction of sp³-hybridized carbons (Fsp3) is 0.318. The second-order valence-electron chi connectivity index (χ2n) is 7.50. The smallest absolute Gasteiger partial charge is 0.196 e. The highest BCUT2D eigenvalue weighted by atomic mass is 32.2. The van der Waals surface area contributed by atoms with Gasteiger partial charge in [-0.1, -0.05) is 50.7 Å². The molecule has 0 atom stereocenters. The average Bonchev–Trinajstić information content (AvgIpc) is 3.13. The monoisotopic (exact) mass is 411 g/mol. The van der Waals surface area contributed by atoms with Gasteiger partial charge in [0.1, 0.15) is 23.9 Å². The number of carbonyl (C=O) groups excluding carboxylic acids is 1. The number of ketones is 1. The van der Waals surface area contributed by atoms with Crippen LogP contribution in [0.25, 0.3) is 5.69 Å². The van der Waals surface area contributed by atoms with Crippen LogP contribution in [0.15, 0.2) is 59.8 Å². The van der Waals surface area contributed by atoms with E-state index in [1.165, 1.54) is 11.8 Å². The Balaban J connectivity index is 1.81. The molecule has 3 rings (SSSR count). The van der Waals surface area contributed by atoms with E-state index < -0.39 is 0 Å². The SMILES string of the molecule is COc1ccc(OCc2nnc(SCC(=O)C(C)(C)C)n2-c2ccccc2)cc1. The average molecular weight is 412 g/mol. The second-order valence-corrected chi connectivity index (χ2v) is 8.44. The quantitative estimate of drug-likeness (QED) is 0.506. The third-order valence-corrected chi connectivity index (χ3v) is 5.24. The minimum absolute atomic E-state index is 0.168. The molecule has 0 amide bonds. The number of carbonyl (C=O) groups is 1. The van der Waals surface area contributed by atoms with E-state index >= 15 is 0 Å². The van der Waals surface area contributed by atoms with Crippen LogP contribution in [-0.2, 0) is 11.4 Å². The number of Topliss-reactive ketones (excluding diaryl/α,β-unsaturated/α-hetero) is 1. The molecule has 3 aromatic rings. The summed E-state index contributed by atoms with van der Waals surface area (Å²) < 4.78 is 13.0. The van der Waals surface area contributed by atoms with Crippen molar-refractivity contribution in [3.63, 3.8) is 0 Å². The van der Waals surface area contributed by atoms with E-state index in [4.69, 9.17) is 9.47 Å². The maximum atomic E-state index is 12.3. The van der Waals surface area contributed by atoms with Gasteiger partial charge in [0.25, 0.3) is 0 Å². The van der Waals surface area contributed by atoms with Crippen molar-refractivity contribution in [1.82, 2.24) is 14.8 Å². The third kappa shape index (κ3) is 5.38. The normalized spacial score (nSPS) is 11.3. The molecule has 2 aromatic carbocycles. The molecule has 6 nitrogen and oxygen atoms in total. The van der Waals surface area contributed by atoms with Gasteiger partial charge in [0.15, 0.2) is 11.0 Å². The van der Waals surface area contributed by atoms with Crippen molar-refractivity contribution < 1.29 is 14.3 Å². The van der Waals surface area contributed by atoms with Crippen LogP contribution in [-0.4, -0.2) is 33.4 Å². The Labute approximate surface area is 175 Å². The van der Waals surface area contributed by atoms with Crippen LogP contribution < -0.4 is 9.47 Å². The lowest BCUT2D eigenvalue weighted by atomic mass is 9.92. The Morgan fingerprint density at radius 2 is 1.66 bits per heavy atom. The van der Waals surface area contributed by atoms with Crippen molar-refractivity contribution in [2.24, 2.45) is 5.41 Å². The van der Waals surface area contributed by atoms with Gasteiger partial charge in [0.05, 0.1) is 12.9 Å². The first-order chi connectivity index (χ1) is 13.9. The zero-order valence-electron chi connectivity index (χ0n) is 17.1. The molecule has 0 spiro atoms. The summed E-state index contributed by atoms with van der Waals surface area (Å²) in [4.78, 5) is 12.3. The molecule has 0 aliphatic rings. The van der Waals surface area contributed by atoms with Gasteiger partial charge >= 0.3 is 0 Å². The first-order valence-corrected chi connectivity index (χ1v) is 10.3. The number of nitrogens with zero attached hydrogens (tertiary/aromatic N) is 3. The van der Waals surface area contributed by atoms with Gasteiger partial charge < -0.3 is 9.47 Å². The number of thioether (sulfide) groups is 1. The van der Waals surface area contributed by atoms with Crippen LogP contribution in [0, 0.1) is 5.41 Å². The van der Waals surface area contributed by atoms with Gasteiger partial charge in [0, 0.05) is 11.1 Å². The fourth-order valence-corrected chi connectivity index (χ4v) is 3.62. The number of benzene rings is 2. The molecular formula is C22H25N3O3S. The molecule has 0 aliphatic carbocycles. The number of hydrogen-bond donors (Lipinski definition) is 0. The lowest BCUT2D eigenvalue weighted by Crippen LogP contribution is -2.22. The van der Waals surface area contributed by atoms with Crippen molar-refractivity contribution >= 4 is 17.5 Å². The van der Waals surface area contributed by atoms with Gasteiger partial charge in [-0.05, 0) is 36.4 Å². The van der Waals surface area contributed by atoms with E-state index in [1.54, 1.807) is 7.11 Å². The number of hydrogen-bond acceptors (Lipinski definition) is 6. The Bertz CT molecular complexity index is 948. The first kappa shape index (κ1) is 20.9. The van der Waals surface area contributed by atoms with E-state index in [9.17, 15) is 4.79 Å². The second kappa shape index (κ2) is 9.13. The fourth-order valence-electron chi connectivity index (χ4n) is 2.49. The minimum atomic E-state index is -0.384. The highest BCUT2D eigenvalue weighted by Crippen LogP contribution is 2.26. The molecule has 0 saturated heterocycles. The molecule has 0 aliphatic heterocycles. The molecule has 0 radical (unpaired) electrons. The molecule has 152 valence electrons. The van der Waals surface area contributed by atoms with Gasteiger partial charge in [-0.15, -0.1) is 10.2 Å². The minimum Gasteiger partial charge on any atom is -0.497 e. The summed E-state index contributed by atoms with van der Waals surface area (Å²) in [5, 5.41) is 9.29. The van der Waals surface area contributed by atoms with E-state index in [0.29, 0.717) is 22.5 Å². The maximum absolute atomic E-state index is 12.3. The number of aromatic nitrogens is 3. The summed E-state index contributed by atoms with van der Waals surface area (Å²) in [7, 11) is 1.63. The molecule has 0 N–H and O–H groups in total. The predicted molar refractivity (Wildman–Crippen MR) is 114 cm³/mol. The molecule has 29 heavy (non-hydrogen) atoms. The van der Waals surface area contributed by atoms with Gasteiger partial charge in [-0.3, -0.25) is 9.36 Å². The Morgan fingerprint density at radius 1 is 1.00 bits per heavy atom. The van der Waals surface area contributed by atoms with Crippen molar-refractivity contribution in [2.75, 3.05) is 12.9 Å². The van der Waals surface area contributed by atoms with E-state index in [-0.39, 0.29) is 17.8 Å². The lowest BCUT2D eigenvalue weighted by molar-refractivity contribution is -0.123. The van der Waals surface area contributed by atoms with E-state index in [2.05, 4.69) is 10.2 Å². The highest BCUT2D eigenvalue weighted by Gasteiger charge is 2.23. The molecule has 0 unspecified atom stereocenters. The van der Waals surface area contributed by atoms with Crippen molar-refractivity contribution in [2.45, 2.75) is 32.5 Å². The number of ether oxygens (including phenoxy) is 2. The molecule has 7 heteroatoms. The molecule has 0 bridgehead atoms. The largest absolute Gasteiger partial charge is 0.497 e. The van der Waals surface area contributed by atoms with Gasteiger partial charge in [-0.25, -0.2) is 0 Å². The molecule has 1 heterocycles. The standard InChI is InChI=1S/C22H25N3O3S/c1-22(2,3)19(26)15-29-21-24-23-20(25(21)16-8-6-5-7-9-16)14-28-18-12-10-17(27-4)11-13-18/h5-13H,14-15H2,1-4H3. The highest BCUT2D eigenvalue weighted by molar-refractivity contribution is 7.99. The summed E-state index contributed by atoms with van der Waals surface area (Å²) in [5.41, 5.74) is 0.543. The topological polar surface area (TPSA) is 66.2 Å². The summed E-state index contributed by atoms with van der Waals surface area (Å²) in [5.74, 6) is 2.66. The maximum Gasteiger partial charge on any atom is 0.196 e.